The highest BCUT2D eigenvalue weighted by Crippen LogP contribution is 2.48. The highest BCUT2D eigenvalue weighted by molar-refractivity contribution is 5.83. The Kier molecular flexibility index (Phi) is 3.34. The maximum atomic E-state index is 12.5. The average Bonchev–Trinajstić information content (AvgIpc) is 3.19. The Morgan fingerprint density at radius 2 is 2.00 bits per heavy atom. The molecule has 2 aliphatic rings. The first kappa shape index (κ1) is 12.7. The van der Waals surface area contributed by atoms with Crippen molar-refractivity contribution in [3.8, 4) is 0 Å². The van der Waals surface area contributed by atoms with Gasteiger partial charge >= 0.3 is 0 Å². The lowest BCUT2D eigenvalue weighted by molar-refractivity contribution is -0.134. The molecule has 1 aromatic rings. The van der Waals surface area contributed by atoms with Crippen molar-refractivity contribution in [1.82, 2.24) is 4.90 Å². The van der Waals surface area contributed by atoms with Crippen LogP contribution in [-0.2, 0) is 4.79 Å². The van der Waals surface area contributed by atoms with E-state index in [1.807, 2.05) is 0 Å². The van der Waals surface area contributed by atoms with E-state index in [1.54, 1.807) is 0 Å². The minimum atomic E-state index is 0.259. The monoisotopic (exact) mass is 257 g/mol. The number of amides is 1. The molecule has 2 nitrogen and oxygen atoms in total. The Labute approximate surface area is 115 Å². The summed E-state index contributed by atoms with van der Waals surface area (Å²) in [5, 5.41) is 0. The summed E-state index contributed by atoms with van der Waals surface area (Å²) in [6, 6.07) is 8.63. The van der Waals surface area contributed by atoms with Gasteiger partial charge in [0.25, 0.3) is 0 Å². The summed E-state index contributed by atoms with van der Waals surface area (Å²) in [6.07, 6.45) is 3.40. The minimum Gasteiger partial charge on any atom is -0.342 e. The number of nitrogens with zero attached hydrogens (tertiary/aromatic N) is 1. The van der Waals surface area contributed by atoms with Gasteiger partial charge in [-0.2, -0.15) is 0 Å². The minimum absolute atomic E-state index is 0.259. The SMILES string of the molecule is Cc1cccc(C2CC2C(=O)N2CCC(C)CC2)c1. The fourth-order valence-electron chi connectivity index (χ4n) is 3.20. The van der Waals surface area contributed by atoms with Crippen molar-refractivity contribution in [3.63, 3.8) is 0 Å². The molecule has 1 amide bonds. The second kappa shape index (κ2) is 4.99. The Bertz CT molecular complexity index is 474. The molecule has 0 aromatic heterocycles. The van der Waals surface area contributed by atoms with Crippen molar-refractivity contribution in [2.75, 3.05) is 13.1 Å². The lowest BCUT2D eigenvalue weighted by Crippen LogP contribution is -2.39. The number of rotatable bonds is 2. The number of piperidine rings is 1. The Hall–Kier alpha value is -1.31. The molecule has 1 aliphatic heterocycles. The van der Waals surface area contributed by atoms with E-state index >= 15 is 0 Å². The van der Waals surface area contributed by atoms with E-state index in [0.29, 0.717) is 11.8 Å². The Morgan fingerprint density at radius 3 is 2.68 bits per heavy atom. The van der Waals surface area contributed by atoms with Gasteiger partial charge in [-0.25, -0.2) is 0 Å². The van der Waals surface area contributed by atoms with Crippen LogP contribution in [0.1, 0.15) is 43.2 Å². The number of aryl methyl sites for hydroxylation is 1. The first-order valence-electron chi connectivity index (χ1n) is 7.50. The van der Waals surface area contributed by atoms with Crippen LogP contribution in [0.25, 0.3) is 0 Å². The third kappa shape index (κ3) is 2.68. The van der Waals surface area contributed by atoms with Gasteiger partial charge in [0.05, 0.1) is 0 Å². The summed E-state index contributed by atoms with van der Waals surface area (Å²) in [7, 11) is 0. The first-order valence-corrected chi connectivity index (χ1v) is 7.50. The van der Waals surface area contributed by atoms with Crippen molar-refractivity contribution in [2.24, 2.45) is 11.8 Å². The van der Waals surface area contributed by atoms with Crippen molar-refractivity contribution in [3.05, 3.63) is 35.4 Å². The smallest absolute Gasteiger partial charge is 0.226 e. The van der Waals surface area contributed by atoms with Gasteiger partial charge in [-0.3, -0.25) is 4.79 Å². The molecular formula is C17H23NO. The molecule has 1 heterocycles. The second-order valence-corrected chi connectivity index (χ2v) is 6.37. The quantitative estimate of drug-likeness (QED) is 0.795. The molecule has 102 valence electrons. The fourth-order valence-corrected chi connectivity index (χ4v) is 3.20. The molecule has 0 N–H and O–H groups in total. The van der Waals surface area contributed by atoms with Crippen LogP contribution in [0.15, 0.2) is 24.3 Å². The summed E-state index contributed by atoms with van der Waals surface area (Å²) in [5.41, 5.74) is 2.64. The van der Waals surface area contributed by atoms with Crippen molar-refractivity contribution < 1.29 is 4.79 Å². The van der Waals surface area contributed by atoms with Crippen LogP contribution in [0.3, 0.4) is 0 Å². The molecule has 2 fully saturated rings. The maximum absolute atomic E-state index is 12.5. The third-order valence-corrected chi connectivity index (χ3v) is 4.67. The summed E-state index contributed by atoms with van der Waals surface area (Å²) in [5.74, 6) is 1.93. The van der Waals surface area contributed by atoms with Gasteiger partial charge in [-0.1, -0.05) is 36.8 Å². The highest BCUT2D eigenvalue weighted by Gasteiger charge is 2.45. The molecule has 0 bridgehead atoms. The zero-order chi connectivity index (χ0) is 13.4. The molecule has 1 aliphatic carbocycles. The molecule has 2 atom stereocenters. The zero-order valence-electron chi connectivity index (χ0n) is 11.9. The van der Waals surface area contributed by atoms with Crippen LogP contribution in [0.5, 0.6) is 0 Å². The van der Waals surface area contributed by atoms with Crippen LogP contribution in [0, 0.1) is 18.8 Å². The lowest BCUT2D eigenvalue weighted by atomic mass is 9.98. The van der Waals surface area contributed by atoms with Gasteiger partial charge in [-0.15, -0.1) is 0 Å². The number of benzene rings is 1. The largest absolute Gasteiger partial charge is 0.342 e. The van der Waals surface area contributed by atoms with Gasteiger partial charge in [0.1, 0.15) is 0 Å². The van der Waals surface area contributed by atoms with Crippen LogP contribution in [0.4, 0.5) is 0 Å². The molecule has 1 saturated carbocycles. The zero-order valence-corrected chi connectivity index (χ0v) is 11.9. The van der Waals surface area contributed by atoms with E-state index in [2.05, 4.69) is 43.0 Å². The predicted octanol–water partition coefficient (Wildman–Crippen LogP) is 3.36. The summed E-state index contributed by atoms with van der Waals surface area (Å²) < 4.78 is 0. The molecule has 1 saturated heterocycles. The molecule has 19 heavy (non-hydrogen) atoms. The van der Waals surface area contributed by atoms with E-state index in [0.717, 1.165) is 25.4 Å². The average molecular weight is 257 g/mol. The van der Waals surface area contributed by atoms with Gasteiger partial charge in [-0.05, 0) is 43.6 Å². The van der Waals surface area contributed by atoms with Gasteiger partial charge in [0.2, 0.25) is 5.91 Å². The van der Waals surface area contributed by atoms with E-state index < -0.39 is 0 Å². The van der Waals surface area contributed by atoms with E-state index in [1.165, 1.54) is 24.0 Å². The third-order valence-electron chi connectivity index (χ3n) is 4.67. The molecule has 3 rings (SSSR count). The second-order valence-electron chi connectivity index (χ2n) is 6.37. The standard InChI is InChI=1S/C17H23NO/c1-12-6-8-18(9-7-12)17(19)16-11-15(16)14-5-3-4-13(2)10-14/h3-5,10,12,15-16H,6-9,11H2,1-2H3. The summed E-state index contributed by atoms with van der Waals surface area (Å²) >= 11 is 0. The molecule has 0 radical (unpaired) electrons. The molecular weight excluding hydrogens is 234 g/mol. The van der Waals surface area contributed by atoms with Crippen LogP contribution in [-0.4, -0.2) is 23.9 Å². The predicted molar refractivity (Wildman–Crippen MR) is 77.0 cm³/mol. The van der Waals surface area contributed by atoms with Crippen molar-refractivity contribution in [1.29, 1.82) is 0 Å². The number of likely N-dealkylation sites (tertiary alicyclic amines) is 1. The van der Waals surface area contributed by atoms with Gasteiger partial charge in [0.15, 0.2) is 0 Å². The van der Waals surface area contributed by atoms with Crippen LogP contribution >= 0.6 is 0 Å². The van der Waals surface area contributed by atoms with Crippen molar-refractivity contribution in [2.45, 2.75) is 39.0 Å². The van der Waals surface area contributed by atoms with E-state index in [4.69, 9.17) is 0 Å². The Morgan fingerprint density at radius 1 is 1.26 bits per heavy atom. The van der Waals surface area contributed by atoms with Crippen LogP contribution < -0.4 is 0 Å². The van der Waals surface area contributed by atoms with E-state index in [9.17, 15) is 4.79 Å². The van der Waals surface area contributed by atoms with Gasteiger partial charge in [0, 0.05) is 19.0 Å². The Balaban J connectivity index is 1.62. The lowest BCUT2D eigenvalue weighted by Gasteiger charge is -2.30. The van der Waals surface area contributed by atoms with Crippen molar-refractivity contribution >= 4 is 5.91 Å². The normalized spacial score (nSPS) is 27.4. The number of carbonyl (C=O) groups is 1. The number of hydrogen-bond acceptors (Lipinski definition) is 1. The topological polar surface area (TPSA) is 20.3 Å². The first-order chi connectivity index (χ1) is 9.15. The number of hydrogen-bond donors (Lipinski definition) is 0. The molecule has 2 unspecified atom stereocenters. The van der Waals surface area contributed by atoms with Crippen LogP contribution in [0.2, 0.25) is 0 Å². The summed E-state index contributed by atoms with van der Waals surface area (Å²) in [6.45, 7) is 6.34. The molecule has 1 aromatic carbocycles. The fraction of sp³-hybridized carbons (Fsp3) is 0.588. The van der Waals surface area contributed by atoms with Gasteiger partial charge < -0.3 is 4.90 Å². The highest BCUT2D eigenvalue weighted by atomic mass is 16.2. The molecule has 0 spiro atoms. The molecule has 2 heteroatoms. The van der Waals surface area contributed by atoms with E-state index in [-0.39, 0.29) is 5.92 Å². The maximum Gasteiger partial charge on any atom is 0.226 e. The number of carbonyl (C=O) groups excluding carboxylic acids is 1. The summed E-state index contributed by atoms with van der Waals surface area (Å²) in [4.78, 5) is 14.6.